The van der Waals surface area contributed by atoms with Crippen LogP contribution in [0.1, 0.15) is 57.8 Å². The summed E-state index contributed by atoms with van der Waals surface area (Å²) >= 11 is 0. The highest BCUT2D eigenvalue weighted by Crippen LogP contribution is 2.23. The Morgan fingerprint density at radius 2 is 2.04 bits per heavy atom. The molecule has 0 unspecified atom stereocenters. The quantitative estimate of drug-likeness (QED) is 0.790. The first kappa shape index (κ1) is 18.4. The van der Waals surface area contributed by atoms with E-state index in [4.69, 9.17) is 4.52 Å². The number of hydrogen-bond donors (Lipinski definition) is 1. The van der Waals surface area contributed by atoms with E-state index < -0.39 is 0 Å². The third-order valence-electron chi connectivity index (χ3n) is 4.75. The van der Waals surface area contributed by atoms with Crippen molar-refractivity contribution < 1.29 is 9.63 Å². The first-order valence-corrected chi connectivity index (χ1v) is 8.92. The maximum Gasteiger partial charge on any atom is 0.243 e. The van der Waals surface area contributed by atoms with E-state index in [1.165, 1.54) is 12.8 Å². The van der Waals surface area contributed by atoms with Crippen molar-refractivity contribution in [3.63, 3.8) is 0 Å². The van der Waals surface area contributed by atoms with Crippen molar-refractivity contribution in [2.45, 2.75) is 58.6 Å². The summed E-state index contributed by atoms with van der Waals surface area (Å²) in [7, 11) is 2.14. The summed E-state index contributed by atoms with van der Waals surface area (Å²) < 4.78 is 5.41. The van der Waals surface area contributed by atoms with E-state index in [9.17, 15) is 5.11 Å². The maximum absolute atomic E-state index is 9.48. The number of aliphatic hydroxyl groups is 1. The van der Waals surface area contributed by atoms with Crippen LogP contribution < -0.4 is 0 Å². The predicted molar refractivity (Wildman–Crippen MR) is 90.2 cm³/mol. The van der Waals surface area contributed by atoms with Crippen molar-refractivity contribution >= 4 is 0 Å². The number of aryl methyl sites for hydroxylation is 1. The molecule has 0 radical (unpaired) electrons. The molecule has 2 heterocycles. The minimum atomic E-state index is -0.232. The van der Waals surface area contributed by atoms with Gasteiger partial charge in [0.2, 0.25) is 5.89 Å². The standard InChI is InChI=1S/C17H32N4O2/c1-5-6-16-18-17(23-19-16)14(3)20(4)12-15-7-9-21(10-8-15)11-13(2)22/h13-15,22H,5-12H2,1-4H3/t13-,14-/m1/s1. The van der Waals surface area contributed by atoms with E-state index in [1.807, 2.05) is 6.92 Å². The van der Waals surface area contributed by atoms with Gasteiger partial charge < -0.3 is 14.5 Å². The Hall–Kier alpha value is -0.980. The van der Waals surface area contributed by atoms with Gasteiger partial charge in [0.15, 0.2) is 5.82 Å². The van der Waals surface area contributed by atoms with Gasteiger partial charge in [-0.25, -0.2) is 0 Å². The smallest absolute Gasteiger partial charge is 0.243 e. The Kier molecular flexibility index (Phi) is 6.99. The highest BCUT2D eigenvalue weighted by molar-refractivity contribution is 4.92. The van der Waals surface area contributed by atoms with E-state index in [0.717, 1.165) is 50.7 Å². The monoisotopic (exact) mass is 324 g/mol. The number of hydrogen-bond acceptors (Lipinski definition) is 6. The van der Waals surface area contributed by atoms with E-state index in [1.54, 1.807) is 0 Å². The highest BCUT2D eigenvalue weighted by atomic mass is 16.5. The largest absolute Gasteiger partial charge is 0.392 e. The second-order valence-electron chi connectivity index (χ2n) is 7.01. The lowest BCUT2D eigenvalue weighted by molar-refractivity contribution is 0.0860. The molecule has 2 rings (SSSR count). The van der Waals surface area contributed by atoms with Crippen LogP contribution in [0.5, 0.6) is 0 Å². The number of likely N-dealkylation sites (tertiary alicyclic amines) is 1. The molecule has 0 aliphatic carbocycles. The second kappa shape index (κ2) is 8.76. The molecule has 0 amide bonds. The van der Waals surface area contributed by atoms with Crippen molar-refractivity contribution in [3.05, 3.63) is 11.7 Å². The summed E-state index contributed by atoms with van der Waals surface area (Å²) in [5, 5.41) is 13.5. The van der Waals surface area contributed by atoms with Gasteiger partial charge in [0.1, 0.15) is 0 Å². The average molecular weight is 324 g/mol. The minimum Gasteiger partial charge on any atom is -0.392 e. The van der Waals surface area contributed by atoms with Crippen molar-refractivity contribution in [1.82, 2.24) is 19.9 Å². The lowest BCUT2D eigenvalue weighted by Crippen LogP contribution is -2.41. The van der Waals surface area contributed by atoms with Gasteiger partial charge in [-0.1, -0.05) is 12.1 Å². The van der Waals surface area contributed by atoms with Crippen molar-refractivity contribution in [3.8, 4) is 0 Å². The molecule has 0 spiro atoms. The number of aromatic nitrogens is 2. The first-order chi connectivity index (χ1) is 11.0. The molecule has 1 aromatic heterocycles. The third kappa shape index (κ3) is 5.55. The van der Waals surface area contributed by atoms with Crippen molar-refractivity contribution in [2.75, 3.05) is 33.2 Å². The van der Waals surface area contributed by atoms with Crippen LogP contribution in [0.4, 0.5) is 0 Å². The normalized spacial score (nSPS) is 20.1. The molecule has 0 saturated carbocycles. The molecular weight excluding hydrogens is 292 g/mol. The highest BCUT2D eigenvalue weighted by Gasteiger charge is 2.25. The molecule has 1 fully saturated rings. The summed E-state index contributed by atoms with van der Waals surface area (Å²) in [4.78, 5) is 9.18. The summed E-state index contributed by atoms with van der Waals surface area (Å²) in [6.45, 7) is 10.1. The Bertz CT molecular complexity index is 455. The summed E-state index contributed by atoms with van der Waals surface area (Å²) in [5.74, 6) is 2.24. The molecule has 6 nitrogen and oxygen atoms in total. The zero-order chi connectivity index (χ0) is 16.8. The molecule has 2 atom stereocenters. The Labute approximate surface area is 139 Å². The van der Waals surface area contributed by atoms with Crippen LogP contribution in [0.3, 0.4) is 0 Å². The fraction of sp³-hybridized carbons (Fsp3) is 0.882. The fourth-order valence-electron chi connectivity index (χ4n) is 3.24. The van der Waals surface area contributed by atoms with E-state index in [-0.39, 0.29) is 12.1 Å². The van der Waals surface area contributed by atoms with Gasteiger partial charge in [0, 0.05) is 19.5 Å². The number of β-amino-alcohol motifs (C(OH)–C–C–N with tert-alkyl or cyclic N) is 1. The van der Waals surface area contributed by atoms with Crippen LogP contribution in [0.2, 0.25) is 0 Å². The SMILES string of the molecule is CCCc1noc([C@@H](C)N(C)CC2CCN(C[C@@H](C)O)CC2)n1. The molecule has 1 aliphatic heterocycles. The summed E-state index contributed by atoms with van der Waals surface area (Å²) in [6, 6.07) is 0.156. The Morgan fingerprint density at radius 3 is 2.65 bits per heavy atom. The van der Waals surface area contributed by atoms with Crippen LogP contribution in [-0.4, -0.2) is 64.4 Å². The van der Waals surface area contributed by atoms with E-state index in [2.05, 4.69) is 40.8 Å². The Morgan fingerprint density at radius 1 is 1.35 bits per heavy atom. The molecule has 23 heavy (non-hydrogen) atoms. The van der Waals surface area contributed by atoms with Crippen molar-refractivity contribution in [1.29, 1.82) is 0 Å². The Balaban J connectivity index is 1.78. The number of rotatable bonds is 8. The van der Waals surface area contributed by atoms with Crippen LogP contribution in [0.25, 0.3) is 0 Å². The van der Waals surface area contributed by atoms with Crippen LogP contribution in [0.15, 0.2) is 4.52 Å². The molecule has 132 valence electrons. The van der Waals surface area contributed by atoms with Crippen molar-refractivity contribution in [2.24, 2.45) is 5.92 Å². The topological polar surface area (TPSA) is 65.6 Å². The molecule has 1 aliphatic rings. The fourth-order valence-corrected chi connectivity index (χ4v) is 3.24. The van der Waals surface area contributed by atoms with Gasteiger partial charge in [0.05, 0.1) is 12.1 Å². The van der Waals surface area contributed by atoms with E-state index >= 15 is 0 Å². The lowest BCUT2D eigenvalue weighted by atomic mass is 9.95. The molecule has 1 aromatic rings. The summed E-state index contributed by atoms with van der Waals surface area (Å²) in [5.41, 5.74) is 0. The zero-order valence-corrected chi connectivity index (χ0v) is 15.0. The van der Waals surface area contributed by atoms with Gasteiger partial charge in [-0.05, 0) is 59.2 Å². The minimum absolute atomic E-state index is 0.156. The van der Waals surface area contributed by atoms with Crippen LogP contribution in [0, 0.1) is 5.92 Å². The van der Waals surface area contributed by atoms with Gasteiger partial charge >= 0.3 is 0 Å². The van der Waals surface area contributed by atoms with Crippen LogP contribution in [-0.2, 0) is 6.42 Å². The number of nitrogens with zero attached hydrogens (tertiary/aromatic N) is 4. The third-order valence-corrected chi connectivity index (χ3v) is 4.75. The maximum atomic E-state index is 9.48. The molecule has 0 bridgehead atoms. The molecular formula is C17H32N4O2. The van der Waals surface area contributed by atoms with Gasteiger partial charge in [0.25, 0.3) is 0 Å². The van der Waals surface area contributed by atoms with Gasteiger partial charge in [-0.3, -0.25) is 4.90 Å². The molecule has 1 N–H and O–H groups in total. The number of piperidine rings is 1. The zero-order valence-electron chi connectivity index (χ0n) is 15.0. The molecule has 6 heteroatoms. The molecule has 0 aromatic carbocycles. The van der Waals surface area contributed by atoms with Gasteiger partial charge in [-0.2, -0.15) is 4.98 Å². The number of aliphatic hydroxyl groups excluding tert-OH is 1. The average Bonchev–Trinajstić information content (AvgIpc) is 2.97. The van der Waals surface area contributed by atoms with Crippen LogP contribution >= 0.6 is 0 Å². The van der Waals surface area contributed by atoms with E-state index in [0.29, 0.717) is 5.92 Å². The lowest BCUT2D eigenvalue weighted by Gasteiger charge is -2.35. The first-order valence-electron chi connectivity index (χ1n) is 8.92. The van der Waals surface area contributed by atoms with Gasteiger partial charge in [-0.15, -0.1) is 0 Å². The molecule has 1 saturated heterocycles. The summed E-state index contributed by atoms with van der Waals surface area (Å²) in [6.07, 6.45) is 4.06. The predicted octanol–water partition coefficient (Wildman–Crippen LogP) is 2.11. The second-order valence-corrected chi connectivity index (χ2v) is 7.01.